The smallest absolute Gasteiger partial charge is 0.240 e. The van der Waals surface area contributed by atoms with Gasteiger partial charge in [-0.3, -0.25) is 4.79 Å². The fourth-order valence-electron chi connectivity index (χ4n) is 2.96. The Labute approximate surface area is 153 Å². The van der Waals surface area contributed by atoms with E-state index in [4.69, 9.17) is 10.5 Å². The summed E-state index contributed by atoms with van der Waals surface area (Å²) in [7, 11) is 0. The number of carbonyl (C=O) groups is 1. The molecule has 1 fully saturated rings. The average molecular weight is 367 g/mol. The molecular formula is C18H23ClN2O2S. The number of nitrogens with zero attached hydrogens (tertiary/aromatic N) is 1. The van der Waals surface area contributed by atoms with Crippen LogP contribution < -0.4 is 5.73 Å². The van der Waals surface area contributed by atoms with E-state index in [0.29, 0.717) is 19.5 Å². The number of hydrogen-bond donors (Lipinski definition) is 1. The van der Waals surface area contributed by atoms with Crippen molar-refractivity contribution in [1.29, 1.82) is 0 Å². The second-order valence-corrected chi connectivity index (χ2v) is 6.81. The Bertz CT molecular complexity index is 636. The predicted molar refractivity (Wildman–Crippen MR) is 99.6 cm³/mol. The second-order valence-electron chi connectivity index (χ2n) is 6.03. The van der Waals surface area contributed by atoms with Gasteiger partial charge in [-0.05, 0) is 41.3 Å². The zero-order chi connectivity index (χ0) is 16.2. The Morgan fingerprint density at radius 2 is 2.08 bits per heavy atom. The van der Waals surface area contributed by atoms with Gasteiger partial charge in [0, 0.05) is 6.54 Å². The van der Waals surface area contributed by atoms with Crippen molar-refractivity contribution in [3.8, 4) is 0 Å². The third kappa shape index (κ3) is 4.57. The largest absolute Gasteiger partial charge is 0.367 e. The summed E-state index contributed by atoms with van der Waals surface area (Å²) < 4.78 is 5.98. The molecule has 0 saturated carbocycles. The maximum atomic E-state index is 12.7. The van der Waals surface area contributed by atoms with Crippen LogP contribution in [0, 0.1) is 0 Å². The van der Waals surface area contributed by atoms with E-state index >= 15 is 0 Å². The summed E-state index contributed by atoms with van der Waals surface area (Å²) in [4.78, 5) is 14.6. The summed E-state index contributed by atoms with van der Waals surface area (Å²) in [5.74, 6) is 0.00392. The number of carbonyl (C=O) groups excluding carboxylic acids is 1. The minimum atomic E-state index is -0.508. The lowest BCUT2D eigenvalue weighted by molar-refractivity contribution is -0.146. The highest BCUT2D eigenvalue weighted by Gasteiger charge is 2.31. The molecule has 2 heterocycles. The molecule has 1 aromatic heterocycles. The average Bonchev–Trinajstić information content (AvgIpc) is 3.09. The van der Waals surface area contributed by atoms with Gasteiger partial charge in [0.1, 0.15) is 6.10 Å². The van der Waals surface area contributed by atoms with Crippen molar-refractivity contribution >= 4 is 29.7 Å². The van der Waals surface area contributed by atoms with Crippen LogP contribution in [0.25, 0.3) is 0 Å². The van der Waals surface area contributed by atoms with Crippen LogP contribution >= 0.6 is 23.7 Å². The van der Waals surface area contributed by atoms with E-state index in [1.165, 1.54) is 0 Å². The fraction of sp³-hybridized carbons (Fsp3) is 0.389. The minimum absolute atomic E-state index is 0. The quantitative estimate of drug-likeness (QED) is 0.904. The van der Waals surface area contributed by atoms with Crippen molar-refractivity contribution < 1.29 is 9.53 Å². The van der Waals surface area contributed by atoms with Crippen LogP contribution in [0.3, 0.4) is 0 Å². The van der Waals surface area contributed by atoms with Crippen molar-refractivity contribution in [2.24, 2.45) is 5.73 Å². The molecule has 1 aromatic carbocycles. The van der Waals surface area contributed by atoms with Gasteiger partial charge in [-0.15, -0.1) is 12.4 Å². The number of amides is 1. The SMILES string of the molecule is CC1CN(C(=O)[C@@H](N)Cc2ccccc2)CC(c2ccsc2)O1.Cl. The van der Waals surface area contributed by atoms with E-state index in [9.17, 15) is 4.79 Å². The molecule has 1 aliphatic rings. The van der Waals surface area contributed by atoms with Gasteiger partial charge in [-0.2, -0.15) is 11.3 Å². The number of hydrogen-bond acceptors (Lipinski definition) is 4. The minimum Gasteiger partial charge on any atom is -0.367 e. The molecule has 3 rings (SSSR count). The number of benzene rings is 1. The van der Waals surface area contributed by atoms with Crippen LogP contribution in [0.15, 0.2) is 47.2 Å². The number of nitrogens with two attached hydrogens (primary N) is 1. The van der Waals surface area contributed by atoms with Gasteiger partial charge >= 0.3 is 0 Å². The molecule has 6 heteroatoms. The third-order valence-corrected chi connectivity index (χ3v) is 4.80. The van der Waals surface area contributed by atoms with Crippen molar-refractivity contribution in [2.75, 3.05) is 13.1 Å². The van der Waals surface area contributed by atoms with Gasteiger partial charge in [0.15, 0.2) is 0 Å². The van der Waals surface area contributed by atoms with E-state index in [0.717, 1.165) is 11.1 Å². The van der Waals surface area contributed by atoms with E-state index in [1.54, 1.807) is 11.3 Å². The molecule has 2 unspecified atom stereocenters. The van der Waals surface area contributed by atoms with Gasteiger partial charge in [0.2, 0.25) is 5.91 Å². The van der Waals surface area contributed by atoms with E-state index in [2.05, 4.69) is 11.4 Å². The molecule has 0 radical (unpaired) electrons. The normalized spacial score (nSPS) is 21.8. The molecule has 1 aliphatic heterocycles. The number of halogens is 1. The Morgan fingerprint density at radius 1 is 1.33 bits per heavy atom. The molecule has 2 aromatic rings. The monoisotopic (exact) mass is 366 g/mol. The van der Waals surface area contributed by atoms with Crippen LogP contribution in [0.4, 0.5) is 0 Å². The van der Waals surface area contributed by atoms with Crippen molar-refractivity contribution in [2.45, 2.75) is 31.6 Å². The molecule has 1 saturated heterocycles. The first-order valence-corrected chi connectivity index (χ1v) is 8.83. The van der Waals surface area contributed by atoms with Gasteiger partial charge < -0.3 is 15.4 Å². The summed E-state index contributed by atoms with van der Waals surface area (Å²) in [5, 5.41) is 4.11. The Kier molecular flexibility index (Phi) is 6.80. The first-order valence-electron chi connectivity index (χ1n) is 7.89. The molecule has 1 amide bonds. The first-order chi connectivity index (χ1) is 11.1. The summed E-state index contributed by atoms with van der Waals surface area (Å²) in [6, 6.07) is 11.5. The zero-order valence-electron chi connectivity index (χ0n) is 13.6. The summed E-state index contributed by atoms with van der Waals surface area (Å²) in [6.45, 7) is 3.17. The fourth-order valence-corrected chi connectivity index (χ4v) is 3.67. The third-order valence-electron chi connectivity index (χ3n) is 4.10. The first kappa shape index (κ1) is 18.9. The second kappa shape index (κ2) is 8.62. The number of ether oxygens (including phenoxy) is 1. The van der Waals surface area contributed by atoms with Crippen LogP contribution in [-0.2, 0) is 16.0 Å². The molecule has 0 bridgehead atoms. The Balaban J connectivity index is 0.00000208. The van der Waals surface area contributed by atoms with E-state index in [-0.39, 0.29) is 30.5 Å². The van der Waals surface area contributed by atoms with E-state index < -0.39 is 6.04 Å². The summed E-state index contributed by atoms with van der Waals surface area (Å²) in [5.41, 5.74) is 8.38. The highest BCUT2D eigenvalue weighted by molar-refractivity contribution is 7.07. The summed E-state index contributed by atoms with van der Waals surface area (Å²) in [6.07, 6.45) is 0.522. The van der Waals surface area contributed by atoms with Gasteiger partial charge in [0.25, 0.3) is 0 Å². The maximum Gasteiger partial charge on any atom is 0.240 e. The summed E-state index contributed by atoms with van der Waals surface area (Å²) >= 11 is 1.64. The highest BCUT2D eigenvalue weighted by Crippen LogP contribution is 2.27. The lowest BCUT2D eigenvalue weighted by atomic mass is 10.0. The lowest BCUT2D eigenvalue weighted by Crippen LogP contribution is -2.52. The standard InChI is InChI=1S/C18H22N2O2S.ClH/c1-13-10-20(11-17(22-13)15-7-8-23-12-15)18(21)16(19)9-14-5-3-2-4-6-14;/h2-8,12-13,16-17H,9-11,19H2,1H3;1H/t13?,16-,17?;/m0./s1. The van der Waals surface area contributed by atoms with Gasteiger partial charge in [-0.1, -0.05) is 30.3 Å². The Hall–Kier alpha value is -1.40. The molecule has 24 heavy (non-hydrogen) atoms. The Morgan fingerprint density at radius 3 is 2.75 bits per heavy atom. The number of thiophene rings is 1. The van der Waals surface area contributed by atoms with Crippen LogP contribution in [0.5, 0.6) is 0 Å². The zero-order valence-corrected chi connectivity index (χ0v) is 15.3. The van der Waals surface area contributed by atoms with Gasteiger partial charge in [-0.25, -0.2) is 0 Å². The molecular weight excluding hydrogens is 344 g/mol. The molecule has 4 nitrogen and oxygen atoms in total. The maximum absolute atomic E-state index is 12.7. The molecule has 3 atom stereocenters. The van der Waals surface area contributed by atoms with Crippen molar-refractivity contribution in [1.82, 2.24) is 4.90 Å². The van der Waals surface area contributed by atoms with Crippen LogP contribution in [-0.4, -0.2) is 36.0 Å². The molecule has 0 aliphatic carbocycles. The van der Waals surface area contributed by atoms with E-state index in [1.807, 2.05) is 47.5 Å². The molecule has 0 spiro atoms. The van der Waals surface area contributed by atoms with Crippen LogP contribution in [0.2, 0.25) is 0 Å². The highest BCUT2D eigenvalue weighted by atomic mass is 35.5. The molecule has 2 N–H and O–H groups in total. The lowest BCUT2D eigenvalue weighted by Gasteiger charge is -2.37. The van der Waals surface area contributed by atoms with Crippen molar-refractivity contribution in [3.05, 3.63) is 58.3 Å². The van der Waals surface area contributed by atoms with Crippen molar-refractivity contribution in [3.63, 3.8) is 0 Å². The number of morpholine rings is 1. The predicted octanol–water partition coefficient (Wildman–Crippen LogP) is 3.03. The topological polar surface area (TPSA) is 55.6 Å². The van der Waals surface area contributed by atoms with Crippen LogP contribution in [0.1, 0.15) is 24.2 Å². The number of rotatable bonds is 4. The molecule has 130 valence electrons. The van der Waals surface area contributed by atoms with Gasteiger partial charge in [0.05, 0.1) is 18.7 Å².